The molecule has 0 rings (SSSR count). The second-order valence-electron chi connectivity index (χ2n) is 2.88. The third-order valence-corrected chi connectivity index (χ3v) is 2.51. The van der Waals surface area contributed by atoms with Gasteiger partial charge in [-0.1, -0.05) is 0 Å². The highest BCUT2D eigenvalue weighted by atomic mass is 32.2. The number of carboxylic acids is 1. The predicted molar refractivity (Wildman–Crippen MR) is 56.4 cm³/mol. The van der Waals surface area contributed by atoms with E-state index in [-0.39, 0.29) is 12.2 Å². The summed E-state index contributed by atoms with van der Waals surface area (Å²) in [5, 5.41) is 11.0. The Hall–Kier alpha value is -1.24. The molecule has 0 saturated heterocycles. The van der Waals surface area contributed by atoms with Crippen LogP contribution < -0.4 is 11.1 Å². The van der Waals surface area contributed by atoms with Crippen molar-refractivity contribution in [1.82, 2.24) is 5.32 Å². The Morgan fingerprint density at radius 1 is 1.47 bits per heavy atom. The lowest BCUT2D eigenvalue weighted by molar-refractivity contribution is -0.140. The quantitative estimate of drug-likeness (QED) is 0.499. The van der Waals surface area contributed by atoms with E-state index < -0.39 is 23.8 Å². The first kappa shape index (κ1) is 13.8. The number of rotatable bonds is 7. The summed E-state index contributed by atoms with van der Waals surface area (Å²) < 4.78 is 0. The van der Waals surface area contributed by atoms with Crippen molar-refractivity contribution in [2.24, 2.45) is 5.73 Å². The van der Waals surface area contributed by atoms with Crippen molar-refractivity contribution in [2.45, 2.75) is 19.4 Å². The molecule has 0 saturated carbocycles. The minimum atomic E-state index is -1.09. The third kappa shape index (κ3) is 7.80. The third-order valence-electron chi connectivity index (χ3n) is 1.45. The number of hydrogen-bond donors (Lipinski definition) is 3. The fraction of sp³-hybridized carbons (Fsp3) is 0.625. The van der Waals surface area contributed by atoms with Crippen LogP contribution in [0.3, 0.4) is 0 Å². The van der Waals surface area contributed by atoms with Gasteiger partial charge >= 0.3 is 5.97 Å². The van der Waals surface area contributed by atoms with E-state index in [0.717, 1.165) is 0 Å². The van der Waals surface area contributed by atoms with Gasteiger partial charge in [-0.3, -0.25) is 9.59 Å². The molecule has 0 aliphatic carbocycles. The maximum absolute atomic E-state index is 10.6. The number of carboxylic acid groups (broad SMARTS) is 1. The van der Waals surface area contributed by atoms with Gasteiger partial charge < -0.3 is 16.2 Å². The Morgan fingerprint density at radius 3 is 2.47 bits per heavy atom. The van der Waals surface area contributed by atoms with Gasteiger partial charge in [-0.2, -0.15) is 11.8 Å². The number of nitrogens with one attached hydrogen (secondary N) is 1. The van der Waals surface area contributed by atoms with Crippen LogP contribution in [0, 0.1) is 0 Å². The number of thioether (sulfide) groups is 1. The molecule has 0 fully saturated rings. The van der Waals surface area contributed by atoms with Crippen molar-refractivity contribution in [3.05, 3.63) is 0 Å². The van der Waals surface area contributed by atoms with Gasteiger partial charge in [-0.15, -0.1) is 0 Å². The van der Waals surface area contributed by atoms with Crippen LogP contribution in [-0.4, -0.2) is 40.4 Å². The minimum Gasteiger partial charge on any atom is -0.480 e. The number of carbonyl (C=O) groups is 3. The van der Waals surface area contributed by atoms with Crippen molar-refractivity contribution in [1.29, 1.82) is 0 Å². The van der Waals surface area contributed by atoms with E-state index in [1.54, 1.807) is 0 Å². The molecule has 0 bridgehead atoms. The van der Waals surface area contributed by atoms with E-state index in [9.17, 15) is 14.4 Å². The summed E-state index contributed by atoms with van der Waals surface area (Å²) in [6, 6.07) is -0.916. The molecule has 4 N–H and O–H groups in total. The largest absolute Gasteiger partial charge is 0.480 e. The maximum Gasteiger partial charge on any atom is 0.327 e. The van der Waals surface area contributed by atoms with Crippen molar-refractivity contribution in [3.63, 3.8) is 0 Å². The number of carbonyl (C=O) groups excluding carboxylic acids is 2. The summed E-state index contributed by atoms with van der Waals surface area (Å²) in [5.74, 6) is -1.22. The molecule has 0 aromatic heterocycles. The summed E-state index contributed by atoms with van der Waals surface area (Å²) in [4.78, 5) is 31.7. The summed E-state index contributed by atoms with van der Waals surface area (Å²) in [6.45, 7) is 1.25. The molecule has 0 spiro atoms. The standard InChI is InChI=1S/C8H14N2O4S/c1-5(11)10-6(8(13)14)4-15-3-2-7(9)12/h6H,2-4H2,1H3,(H2,9,12)(H,10,11)(H,13,14). The summed E-state index contributed by atoms with van der Waals surface area (Å²) >= 11 is 1.26. The molecule has 0 aromatic carbocycles. The minimum absolute atomic E-state index is 0.205. The van der Waals surface area contributed by atoms with E-state index >= 15 is 0 Å². The lowest BCUT2D eigenvalue weighted by Gasteiger charge is -2.12. The van der Waals surface area contributed by atoms with Crippen LogP contribution in [0.4, 0.5) is 0 Å². The Bertz CT molecular complexity index is 257. The number of amides is 2. The Kier molecular flexibility index (Phi) is 6.52. The maximum atomic E-state index is 10.6. The second kappa shape index (κ2) is 7.10. The molecule has 1 unspecified atom stereocenters. The summed E-state index contributed by atoms with van der Waals surface area (Å²) in [7, 11) is 0. The van der Waals surface area contributed by atoms with Crippen LogP contribution in [0.2, 0.25) is 0 Å². The fourth-order valence-corrected chi connectivity index (χ4v) is 1.77. The summed E-state index contributed by atoms with van der Waals surface area (Å²) in [6.07, 6.45) is 0.205. The van der Waals surface area contributed by atoms with E-state index in [1.807, 2.05) is 0 Å². The molecule has 0 aliphatic rings. The van der Waals surface area contributed by atoms with Gasteiger partial charge in [-0.25, -0.2) is 4.79 Å². The monoisotopic (exact) mass is 234 g/mol. The molecule has 0 radical (unpaired) electrons. The highest BCUT2D eigenvalue weighted by Gasteiger charge is 2.17. The fourth-order valence-electron chi connectivity index (χ4n) is 0.794. The van der Waals surface area contributed by atoms with Crippen LogP contribution in [-0.2, 0) is 14.4 Å². The van der Waals surface area contributed by atoms with Crippen molar-refractivity contribution >= 4 is 29.5 Å². The first-order chi connectivity index (χ1) is 6.93. The van der Waals surface area contributed by atoms with Gasteiger partial charge in [0.15, 0.2) is 0 Å². The molecule has 15 heavy (non-hydrogen) atoms. The zero-order valence-corrected chi connectivity index (χ0v) is 9.17. The molecular weight excluding hydrogens is 220 g/mol. The molecule has 1 atom stereocenters. The first-order valence-corrected chi connectivity index (χ1v) is 5.45. The Morgan fingerprint density at radius 2 is 2.07 bits per heavy atom. The number of primary amides is 1. The van der Waals surface area contributed by atoms with Crippen LogP contribution in [0.25, 0.3) is 0 Å². The first-order valence-electron chi connectivity index (χ1n) is 4.29. The lowest BCUT2D eigenvalue weighted by Crippen LogP contribution is -2.41. The van der Waals surface area contributed by atoms with Crippen LogP contribution in [0.1, 0.15) is 13.3 Å². The highest BCUT2D eigenvalue weighted by molar-refractivity contribution is 7.99. The van der Waals surface area contributed by atoms with E-state index in [4.69, 9.17) is 10.8 Å². The van der Waals surface area contributed by atoms with E-state index in [0.29, 0.717) is 5.75 Å². The summed E-state index contributed by atoms with van der Waals surface area (Å²) in [5.41, 5.74) is 4.91. The topological polar surface area (TPSA) is 109 Å². The smallest absolute Gasteiger partial charge is 0.327 e. The van der Waals surface area contributed by atoms with Crippen molar-refractivity contribution < 1.29 is 19.5 Å². The number of aliphatic carboxylic acids is 1. The lowest BCUT2D eigenvalue weighted by atomic mass is 10.3. The Balaban J connectivity index is 3.81. The molecule has 6 nitrogen and oxygen atoms in total. The van der Waals surface area contributed by atoms with Gasteiger partial charge in [-0.05, 0) is 0 Å². The van der Waals surface area contributed by atoms with E-state index in [1.165, 1.54) is 18.7 Å². The predicted octanol–water partition coefficient (Wildman–Crippen LogP) is -0.816. The van der Waals surface area contributed by atoms with E-state index in [2.05, 4.69) is 5.32 Å². The molecule has 0 aromatic rings. The van der Waals surface area contributed by atoms with Crippen LogP contribution in [0.15, 0.2) is 0 Å². The van der Waals surface area contributed by atoms with Gasteiger partial charge in [0.2, 0.25) is 11.8 Å². The van der Waals surface area contributed by atoms with Crippen molar-refractivity contribution in [2.75, 3.05) is 11.5 Å². The molecule has 86 valence electrons. The normalized spacial score (nSPS) is 11.8. The van der Waals surface area contributed by atoms with Gasteiger partial charge in [0, 0.05) is 24.9 Å². The molecule has 7 heteroatoms. The number of hydrogen-bond acceptors (Lipinski definition) is 4. The average Bonchev–Trinajstić information content (AvgIpc) is 2.08. The zero-order valence-electron chi connectivity index (χ0n) is 8.36. The molecule has 0 heterocycles. The Labute approximate surface area is 91.6 Å². The molecule has 2 amide bonds. The van der Waals surface area contributed by atoms with Crippen molar-refractivity contribution in [3.8, 4) is 0 Å². The zero-order chi connectivity index (χ0) is 11.8. The SMILES string of the molecule is CC(=O)NC(CSCCC(N)=O)C(=O)O. The molecule has 0 aliphatic heterocycles. The second-order valence-corrected chi connectivity index (χ2v) is 4.03. The van der Waals surface area contributed by atoms with Crippen LogP contribution >= 0.6 is 11.8 Å². The van der Waals surface area contributed by atoms with Gasteiger partial charge in [0.1, 0.15) is 6.04 Å². The number of nitrogens with two attached hydrogens (primary N) is 1. The van der Waals surface area contributed by atoms with Crippen LogP contribution in [0.5, 0.6) is 0 Å². The molecular formula is C8H14N2O4S. The van der Waals surface area contributed by atoms with Gasteiger partial charge in [0.25, 0.3) is 0 Å². The average molecular weight is 234 g/mol. The highest BCUT2D eigenvalue weighted by Crippen LogP contribution is 2.05. The van der Waals surface area contributed by atoms with Gasteiger partial charge in [0.05, 0.1) is 0 Å².